The Morgan fingerprint density at radius 1 is 1.03 bits per heavy atom. The van der Waals surface area contributed by atoms with Crippen molar-refractivity contribution in [3.8, 4) is 16.9 Å². The number of aliphatic hydroxyl groups is 1. The van der Waals surface area contributed by atoms with Crippen LogP contribution in [0.25, 0.3) is 22.1 Å². The van der Waals surface area contributed by atoms with Crippen LogP contribution in [0.4, 0.5) is 13.2 Å². The molecule has 3 rings (SSSR count). The normalized spacial score (nSPS) is 11.8. The molecule has 154 valence electrons. The van der Waals surface area contributed by atoms with Gasteiger partial charge in [0.2, 0.25) is 0 Å². The molecule has 2 aromatic carbocycles. The van der Waals surface area contributed by atoms with Crippen molar-refractivity contribution in [2.75, 3.05) is 6.79 Å². The third-order valence-electron chi connectivity index (χ3n) is 4.69. The topological polar surface area (TPSA) is 59.7 Å². The number of hydrogen-bond acceptors (Lipinski definition) is 4. The lowest BCUT2D eigenvalue weighted by Crippen LogP contribution is -2.12. The summed E-state index contributed by atoms with van der Waals surface area (Å²) in [6, 6.07) is 9.95. The second-order valence-corrected chi connectivity index (χ2v) is 6.76. The van der Waals surface area contributed by atoms with Gasteiger partial charge in [-0.3, -0.25) is 0 Å². The summed E-state index contributed by atoms with van der Waals surface area (Å²) in [4.78, 5) is 12.5. The molecule has 0 radical (unpaired) electrons. The van der Waals surface area contributed by atoms with Crippen molar-refractivity contribution in [2.45, 2.75) is 38.8 Å². The lowest BCUT2D eigenvalue weighted by molar-refractivity contribution is -0.137. The molecule has 0 saturated heterocycles. The Hall–Kier alpha value is -2.80. The molecule has 0 fully saturated rings. The van der Waals surface area contributed by atoms with Crippen LogP contribution in [0.15, 0.2) is 51.7 Å². The van der Waals surface area contributed by atoms with Gasteiger partial charge in [0.25, 0.3) is 0 Å². The minimum absolute atomic E-state index is 0.152. The molecule has 4 nitrogen and oxygen atoms in total. The van der Waals surface area contributed by atoms with Gasteiger partial charge >= 0.3 is 11.8 Å². The molecule has 0 aliphatic heterocycles. The van der Waals surface area contributed by atoms with Crippen molar-refractivity contribution < 1.29 is 27.4 Å². The highest BCUT2D eigenvalue weighted by molar-refractivity contribution is 5.83. The molecule has 0 aliphatic carbocycles. The molecule has 0 atom stereocenters. The molecule has 1 heterocycles. The molecule has 1 aromatic heterocycles. The van der Waals surface area contributed by atoms with Crippen LogP contribution >= 0.6 is 0 Å². The summed E-state index contributed by atoms with van der Waals surface area (Å²) in [5.74, 6) is 0.281. The van der Waals surface area contributed by atoms with Crippen LogP contribution in [0.2, 0.25) is 0 Å². The van der Waals surface area contributed by atoms with Crippen LogP contribution in [0.3, 0.4) is 0 Å². The Labute approximate surface area is 165 Å². The first-order valence-corrected chi connectivity index (χ1v) is 9.35. The predicted octanol–water partition coefficient (Wildman–Crippen LogP) is 5.54. The number of alkyl halides is 3. The fourth-order valence-corrected chi connectivity index (χ4v) is 3.24. The van der Waals surface area contributed by atoms with E-state index in [-0.39, 0.29) is 22.5 Å². The molecule has 0 saturated carbocycles. The summed E-state index contributed by atoms with van der Waals surface area (Å²) in [5, 5.41) is 9.26. The van der Waals surface area contributed by atoms with Crippen molar-refractivity contribution in [1.82, 2.24) is 0 Å². The number of hydrogen-bond donors (Lipinski definition) is 1. The fourth-order valence-electron chi connectivity index (χ4n) is 3.24. The molecule has 0 spiro atoms. The standard InChI is InChI=1S/C22H21F3O4/c1-2-3-4-5-14-6-9-17(19(10-14)22(23,24)25)18-11-15-7-8-16(28-13-26)12-20(15)29-21(18)27/h6-12,26H,2-5,13H2,1H3. The minimum atomic E-state index is -4.60. The summed E-state index contributed by atoms with van der Waals surface area (Å²) in [6.07, 6.45) is -1.32. The number of ether oxygens (including phenoxy) is 1. The highest BCUT2D eigenvalue weighted by Crippen LogP contribution is 2.38. The molecule has 1 N–H and O–H groups in total. The first-order chi connectivity index (χ1) is 13.8. The van der Waals surface area contributed by atoms with Crippen LogP contribution in [-0.2, 0) is 12.6 Å². The molecule has 29 heavy (non-hydrogen) atoms. The van der Waals surface area contributed by atoms with E-state index in [9.17, 15) is 18.0 Å². The Balaban J connectivity index is 2.08. The molecule has 7 heteroatoms. The Kier molecular flexibility index (Phi) is 6.27. The molecule has 0 unspecified atom stereocenters. The van der Waals surface area contributed by atoms with E-state index in [1.165, 1.54) is 24.3 Å². The third-order valence-corrected chi connectivity index (χ3v) is 4.69. The lowest BCUT2D eigenvalue weighted by atomic mass is 9.95. The maximum absolute atomic E-state index is 13.7. The highest BCUT2D eigenvalue weighted by atomic mass is 19.4. The number of rotatable bonds is 7. The van der Waals surface area contributed by atoms with E-state index >= 15 is 0 Å². The van der Waals surface area contributed by atoms with Gasteiger partial charge in [-0.1, -0.05) is 31.9 Å². The highest BCUT2D eigenvalue weighted by Gasteiger charge is 2.34. The Morgan fingerprint density at radius 3 is 2.52 bits per heavy atom. The number of benzene rings is 2. The van der Waals surface area contributed by atoms with E-state index in [1.807, 2.05) is 6.92 Å². The number of fused-ring (bicyclic) bond motifs is 1. The lowest BCUT2D eigenvalue weighted by Gasteiger charge is -2.15. The van der Waals surface area contributed by atoms with Crippen molar-refractivity contribution in [1.29, 1.82) is 0 Å². The van der Waals surface area contributed by atoms with Crippen molar-refractivity contribution in [3.05, 3.63) is 64.0 Å². The quantitative estimate of drug-likeness (QED) is 0.318. The second kappa shape index (κ2) is 8.69. The monoisotopic (exact) mass is 406 g/mol. The van der Waals surface area contributed by atoms with Gasteiger partial charge in [0.1, 0.15) is 11.3 Å². The zero-order valence-electron chi connectivity index (χ0n) is 15.9. The van der Waals surface area contributed by atoms with Gasteiger partial charge in [-0.25, -0.2) is 4.79 Å². The Bertz CT molecular complexity index is 1050. The van der Waals surface area contributed by atoms with Crippen LogP contribution < -0.4 is 10.4 Å². The van der Waals surface area contributed by atoms with E-state index in [2.05, 4.69) is 0 Å². The summed E-state index contributed by atoms with van der Waals surface area (Å²) < 4.78 is 51.3. The van der Waals surface area contributed by atoms with Crippen molar-refractivity contribution >= 4 is 11.0 Å². The smallest absolute Gasteiger partial charge is 0.417 e. The average Bonchev–Trinajstić information content (AvgIpc) is 2.67. The van der Waals surface area contributed by atoms with Crippen molar-refractivity contribution in [2.24, 2.45) is 0 Å². The zero-order valence-corrected chi connectivity index (χ0v) is 15.9. The summed E-state index contributed by atoms with van der Waals surface area (Å²) in [7, 11) is 0. The average molecular weight is 406 g/mol. The van der Waals surface area contributed by atoms with E-state index in [0.717, 1.165) is 25.3 Å². The van der Waals surface area contributed by atoms with Gasteiger partial charge in [-0.15, -0.1) is 0 Å². The van der Waals surface area contributed by atoms with E-state index < -0.39 is 24.2 Å². The molecule has 0 amide bonds. The molecular weight excluding hydrogens is 385 g/mol. The molecular formula is C22H21F3O4. The first-order valence-electron chi connectivity index (χ1n) is 9.35. The van der Waals surface area contributed by atoms with Gasteiger partial charge in [0.05, 0.1) is 11.1 Å². The maximum Gasteiger partial charge on any atom is 0.417 e. The van der Waals surface area contributed by atoms with Gasteiger partial charge < -0.3 is 14.3 Å². The van der Waals surface area contributed by atoms with Crippen LogP contribution in [-0.4, -0.2) is 11.9 Å². The van der Waals surface area contributed by atoms with E-state index in [1.54, 1.807) is 12.1 Å². The first kappa shape index (κ1) is 20.9. The number of unbranched alkanes of at least 4 members (excludes halogenated alkanes) is 2. The van der Waals surface area contributed by atoms with Gasteiger partial charge in [-0.05, 0) is 42.7 Å². The van der Waals surface area contributed by atoms with Crippen LogP contribution in [0.1, 0.15) is 37.3 Å². The van der Waals surface area contributed by atoms with Gasteiger partial charge in [0, 0.05) is 17.0 Å². The minimum Gasteiger partial charge on any atom is -0.468 e. The maximum atomic E-state index is 13.7. The Morgan fingerprint density at radius 2 is 1.83 bits per heavy atom. The van der Waals surface area contributed by atoms with Gasteiger partial charge in [0.15, 0.2) is 6.79 Å². The van der Waals surface area contributed by atoms with Crippen molar-refractivity contribution in [3.63, 3.8) is 0 Å². The summed E-state index contributed by atoms with van der Waals surface area (Å²) in [6.45, 7) is 1.48. The molecule has 3 aromatic rings. The molecule has 0 bridgehead atoms. The number of aryl methyl sites for hydroxylation is 1. The van der Waals surface area contributed by atoms with Crippen LogP contribution in [0, 0.1) is 0 Å². The zero-order chi connectivity index (χ0) is 21.0. The second-order valence-electron chi connectivity index (χ2n) is 6.76. The largest absolute Gasteiger partial charge is 0.468 e. The summed E-state index contributed by atoms with van der Waals surface area (Å²) in [5.41, 5.74) is -1.33. The number of halogens is 3. The third kappa shape index (κ3) is 4.79. The predicted molar refractivity (Wildman–Crippen MR) is 104 cm³/mol. The molecule has 0 aliphatic rings. The fraction of sp³-hybridized carbons (Fsp3) is 0.318. The van der Waals surface area contributed by atoms with E-state index in [4.69, 9.17) is 14.3 Å². The van der Waals surface area contributed by atoms with Gasteiger partial charge in [-0.2, -0.15) is 13.2 Å². The van der Waals surface area contributed by atoms with Crippen LogP contribution in [0.5, 0.6) is 5.75 Å². The van der Waals surface area contributed by atoms with E-state index in [0.29, 0.717) is 17.4 Å². The number of aliphatic hydroxyl groups excluding tert-OH is 1. The SMILES string of the molecule is CCCCCc1ccc(-c2cc3ccc(OCO)cc3oc2=O)c(C(F)(F)F)c1. The summed E-state index contributed by atoms with van der Waals surface area (Å²) >= 11 is 0.